The zero-order valence-electron chi connectivity index (χ0n) is 6.28. The molecule has 4 nitrogen and oxygen atoms in total. The van der Waals surface area contributed by atoms with E-state index in [0.29, 0.717) is 0 Å². The van der Waals surface area contributed by atoms with Crippen molar-refractivity contribution in [1.29, 1.82) is 0 Å². The van der Waals surface area contributed by atoms with Crippen LogP contribution in [0.2, 0.25) is 5.02 Å². The molecule has 0 saturated carbocycles. The summed E-state index contributed by atoms with van der Waals surface area (Å²) in [4.78, 5) is 3.48. The molecule has 7 heteroatoms. The van der Waals surface area contributed by atoms with Crippen molar-refractivity contribution < 1.29 is 38.3 Å². The largest absolute Gasteiger partial charge is 1.00 e. The molecule has 0 fully saturated rings. The number of nitrogens with zero attached hydrogens (tertiary/aromatic N) is 1. The Morgan fingerprint density at radius 3 is 2.67 bits per heavy atom. The van der Waals surface area contributed by atoms with Crippen LogP contribution >= 0.6 is 11.6 Å². The van der Waals surface area contributed by atoms with Crippen LogP contribution < -0.4 is 35.3 Å². The van der Waals surface area contributed by atoms with Gasteiger partial charge < -0.3 is 10.3 Å². The summed E-state index contributed by atoms with van der Waals surface area (Å²) >= 11 is 3.10. The average molecular weight is 215 g/mol. The van der Waals surface area contributed by atoms with Crippen LogP contribution in [0.4, 0.5) is 5.82 Å². The van der Waals surface area contributed by atoms with Gasteiger partial charge in [-0.3, -0.25) is 4.21 Å². The third-order valence-electron chi connectivity index (χ3n) is 1.03. The zero-order chi connectivity index (χ0) is 8.43. The summed E-state index contributed by atoms with van der Waals surface area (Å²) in [7, 11) is 0. The summed E-state index contributed by atoms with van der Waals surface area (Å²) in [6.07, 6.45) is 1.28. The third-order valence-corrected chi connectivity index (χ3v) is 1.92. The van der Waals surface area contributed by atoms with E-state index in [1.807, 2.05) is 0 Å². The van der Waals surface area contributed by atoms with Crippen molar-refractivity contribution in [2.24, 2.45) is 0 Å². The Hall–Kier alpha value is 0.350. The van der Waals surface area contributed by atoms with E-state index in [4.69, 9.17) is 17.3 Å². The SMILES string of the molecule is Nc1ncc(Cl)cc1S(=O)[O-].[Na+]. The van der Waals surface area contributed by atoms with E-state index >= 15 is 0 Å². The first-order valence-electron chi connectivity index (χ1n) is 2.61. The Kier molecular flexibility index (Phi) is 5.31. The molecule has 1 aromatic heterocycles. The van der Waals surface area contributed by atoms with Gasteiger partial charge in [-0.2, -0.15) is 0 Å². The quantitative estimate of drug-likeness (QED) is 0.416. The van der Waals surface area contributed by atoms with Crippen LogP contribution in [0.3, 0.4) is 0 Å². The molecule has 1 atom stereocenters. The molecule has 1 rings (SSSR count). The maximum absolute atomic E-state index is 10.4. The summed E-state index contributed by atoms with van der Waals surface area (Å²) in [6, 6.07) is 1.24. The number of hydrogen-bond donors (Lipinski definition) is 1. The smallest absolute Gasteiger partial charge is 0.768 e. The fourth-order valence-electron chi connectivity index (χ4n) is 0.565. The van der Waals surface area contributed by atoms with Crippen molar-refractivity contribution in [3.63, 3.8) is 0 Å². The minimum Gasteiger partial charge on any atom is -0.768 e. The maximum Gasteiger partial charge on any atom is 1.00 e. The fourth-order valence-corrected chi connectivity index (χ4v) is 1.23. The van der Waals surface area contributed by atoms with Gasteiger partial charge >= 0.3 is 29.6 Å². The zero-order valence-corrected chi connectivity index (χ0v) is 9.85. The Morgan fingerprint density at radius 2 is 2.25 bits per heavy atom. The Bertz CT molecular complexity index is 309. The molecule has 0 aliphatic rings. The molecule has 1 heterocycles. The molecule has 2 N–H and O–H groups in total. The van der Waals surface area contributed by atoms with Crippen LogP contribution in [0.25, 0.3) is 0 Å². The van der Waals surface area contributed by atoms with E-state index in [-0.39, 0.29) is 45.3 Å². The number of pyridine rings is 1. The van der Waals surface area contributed by atoms with Crippen molar-refractivity contribution in [1.82, 2.24) is 4.98 Å². The average Bonchev–Trinajstić information content (AvgIpc) is 1.94. The summed E-state index contributed by atoms with van der Waals surface area (Å²) in [5.74, 6) is -0.0391. The summed E-state index contributed by atoms with van der Waals surface area (Å²) in [6.45, 7) is 0. The number of anilines is 1. The minimum absolute atomic E-state index is 0. The van der Waals surface area contributed by atoms with Crippen LogP contribution in [-0.2, 0) is 11.1 Å². The molecular formula is C5H4ClN2NaO2S. The second-order valence-corrected chi connectivity index (χ2v) is 3.12. The van der Waals surface area contributed by atoms with Crippen molar-refractivity contribution in [3.8, 4) is 0 Å². The number of nitrogens with two attached hydrogens (primary N) is 1. The predicted octanol–water partition coefficient (Wildman–Crippen LogP) is -2.44. The van der Waals surface area contributed by atoms with Crippen molar-refractivity contribution in [3.05, 3.63) is 17.3 Å². The standard InChI is InChI=1S/C5H5ClN2O2S.Na/c6-3-1-4(11(9)10)5(7)8-2-3;/h1-2H,(H2,7,8)(H,9,10);/q;+1/p-1. The van der Waals surface area contributed by atoms with Crippen LogP contribution in [0.15, 0.2) is 17.2 Å². The number of aromatic nitrogens is 1. The summed E-state index contributed by atoms with van der Waals surface area (Å²) in [5.41, 5.74) is 5.23. The van der Waals surface area contributed by atoms with Crippen LogP contribution in [0.1, 0.15) is 0 Å². The Morgan fingerprint density at radius 1 is 1.67 bits per heavy atom. The Balaban J connectivity index is 0.00000121. The second kappa shape index (κ2) is 5.16. The van der Waals surface area contributed by atoms with Gasteiger partial charge in [-0.05, 0) is 17.1 Å². The van der Waals surface area contributed by atoms with Crippen molar-refractivity contribution in [2.75, 3.05) is 5.73 Å². The van der Waals surface area contributed by atoms with Gasteiger partial charge in [0.2, 0.25) is 0 Å². The van der Waals surface area contributed by atoms with Gasteiger partial charge in [0.15, 0.2) is 0 Å². The first kappa shape index (κ1) is 12.3. The van der Waals surface area contributed by atoms with Crippen LogP contribution in [0, 0.1) is 0 Å². The van der Waals surface area contributed by atoms with Gasteiger partial charge in [-0.25, -0.2) is 4.98 Å². The van der Waals surface area contributed by atoms with E-state index < -0.39 is 11.1 Å². The number of nitrogen functional groups attached to an aromatic ring is 1. The second-order valence-electron chi connectivity index (χ2n) is 1.77. The molecule has 0 spiro atoms. The number of hydrogen-bond acceptors (Lipinski definition) is 4. The van der Waals surface area contributed by atoms with E-state index in [0.717, 1.165) is 0 Å². The van der Waals surface area contributed by atoms with E-state index in [1.54, 1.807) is 0 Å². The first-order chi connectivity index (χ1) is 5.11. The van der Waals surface area contributed by atoms with Gasteiger partial charge in [0.05, 0.1) is 9.92 Å². The monoisotopic (exact) mass is 214 g/mol. The fraction of sp³-hybridized carbons (Fsp3) is 0. The van der Waals surface area contributed by atoms with Crippen molar-refractivity contribution in [2.45, 2.75) is 4.90 Å². The van der Waals surface area contributed by atoms with Crippen LogP contribution in [-0.4, -0.2) is 13.7 Å². The van der Waals surface area contributed by atoms with Gasteiger partial charge in [0, 0.05) is 6.20 Å². The molecule has 0 saturated heterocycles. The molecule has 0 aliphatic carbocycles. The molecule has 0 radical (unpaired) electrons. The maximum atomic E-state index is 10.4. The van der Waals surface area contributed by atoms with E-state index in [1.165, 1.54) is 12.3 Å². The normalized spacial score (nSPS) is 11.8. The van der Waals surface area contributed by atoms with E-state index in [9.17, 15) is 8.76 Å². The molecule has 0 bridgehead atoms. The first-order valence-corrected chi connectivity index (χ1v) is 4.07. The van der Waals surface area contributed by atoms with Gasteiger partial charge in [-0.1, -0.05) is 11.6 Å². The van der Waals surface area contributed by atoms with Gasteiger partial charge in [0.25, 0.3) is 0 Å². The van der Waals surface area contributed by atoms with Gasteiger partial charge in [0.1, 0.15) is 5.82 Å². The van der Waals surface area contributed by atoms with Crippen LogP contribution in [0.5, 0.6) is 0 Å². The molecule has 0 amide bonds. The topological polar surface area (TPSA) is 79.0 Å². The number of rotatable bonds is 1. The van der Waals surface area contributed by atoms with Crippen molar-refractivity contribution >= 4 is 28.5 Å². The summed E-state index contributed by atoms with van der Waals surface area (Å²) in [5, 5.41) is 0.249. The number of halogens is 1. The molecule has 0 aliphatic heterocycles. The molecule has 1 unspecified atom stereocenters. The predicted molar refractivity (Wildman–Crippen MR) is 40.8 cm³/mol. The minimum atomic E-state index is -2.37. The molecule has 1 aromatic rings. The van der Waals surface area contributed by atoms with E-state index in [2.05, 4.69) is 4.98 Å². The third kappa shape index (κ3) is 3.01. The summed E-state index contributed by atoms with van der Waals surface area (Å²) < 4.78 is 20.8. The molecule has 60 valence electrons. The Labute approximate surface area is 99.1 Å². The van der Waals surface area contributed by atoms with Gasteiger partial charge in [-0.15, -0.1) is 0 Å². The molecule has 12 heavy (non-hydrogen) atoms. The molecular weight excluding hydrogens is 211 g/mol. The molecule has 0 aromatic carbocycles.